The second-order valence-corrected chi connectivity index (χ2v) is 4.74. The molecule has 0 unspecified atom stereocenters. The van der Waals surface area contributed by atoms with Crippen molar-refractivity contribution in [3.63, 3.8) is 0 Å². The molecule has 1 amide bonds. The number of aliphatic hydroxyl groups excluding tert-OH is 1. The molecule has 1 aromatic heterocycles. The summed E-state index contributed by atoms with van der Waals surface area (Å²) in [6.07, 6.45) is 2.77. The van der Waals surface area contributed by atoms with Crippen molar-refractivity contribution in [2.75, 3.05) is 11.9 Å². The van der Waals surface area contributed by atoms with Gasteiger partial charge in [0.2, 0.25) is 5.91 Å². The van der Waals surface area contributed by atoms with Gasteiger partial charge >= 0.3 is 0 Å². The Hall–Kier alpha value is -2.41. The van der Waals surface area contributed by atoms with Gasteiger partial charge in [-0.2, -0.15) is 0 Å². The number of aryl methyl sites for hydroxylation is 1. The highest BCUT2D eigenvalue weighted by molar-refractivity contribution is 5.76. The molecule has 0 radical (unpaired) electrons. The number of anilines is 1. The number of hydrogen-bond donors (Lipinski definition) is 3. The van der Waals surface area contributed by atoms with Crippen molar-refractivity contribution in [3.8, 4) is 0 Å². The highest BCUT2D eigenvalue weighted by atomic mass is 16.3. The second kappa shape index (κ2) is 7.39. The van der Waals surface area contributed by atoms with Crippen LogP contribution in [0.5, 0.6) is 0 Å². The number of carbonyl (C=O) groups excluding carboxylic acids is 1. The summed E-state index contributed by atoms with van der Waals surface area (Å²) in [7, 11) is 0. The van der Waals surface area contributed by atoms with Gasteiger partial charge in [0.25, 0.3) is 0 Å². The van der Waals surface area contributed by atoms with E-state index in [-0.39, 0.29) is 18.9 Å². The Morgan fingerprint density at radius 1 is 1.33 bits per heavy atom. The van der Waals surface area contributed by atoms with Crippen molar-refractivity contribution in [1.29, 1.82) is 0 Å². The number of aromatic nitrogens is 3. The highest BCUT2D eigenvalue weighted by Gasteiger charge is 2.02. The number of hydrogen-bond acceptors (Lipinski definition) is 5. The maximum absolute atomic E-state index is 10.8. The zero-order valence-corrected chi connectivity index (χ0v) is 11.7. The molecule has 2 rings (SSSR count). The minimum absolute atomic E-state index is 0.144. The molecular weight excluding hydrogens is 270 g/mol. The Morgan fingerprint density at radius 3 is 2.76 bits per heavy atom. The molecule has 4 N–H and O–H groups in total. The minimum atomic E-state index is -0.338. The number of nitrogens with one attached hydrogen (secondary N) is 1. The topological polar surface area (TPSA) is 106 Å². The van der Waals surface area contributed by atoms with Crippen molar-refractivity contribution in [2.24, 2.45) is 5.73 Å². The summed E-state index contributed by atoms with van der Waals surface area (Å²) in [4.78, 5) is 10.8. The smallest absolute Gasteiger partial charge is 0.221 e. The van der Waals surface area contributed by atoms with Crippen LogP contribution in [0.25, 0.3) is 0 Å². The SMILES string of the molecule is NC(=O)Cc1ccc(NCc2cn(CCCO)nn2)cc1. The van der Waals surface area contributed by atoms with Crippen LogP contribution >= 0.6 is 0 Å². The largest absolute Gasteiger partial charge is 0.396 e. The lowest BCUT2D eigenvalue weighted by Crippen LogP contribution is -2.13. The van der Waals surface area contributed by atoms with Gasteiger partial charge in [0.05, 0.1) is 19.2 Å². The first-order chi connectivity index (χ1) is 10.2. The van der Waals surface area contributed by atoms with E-state index < -0.39 is 0 Å². The number of nitrogens with zero attached hydrogens (tertiary/aromatic N) is 3. The summed E-state index contributed by atoms with van der Waals surface area (Å²) in [5.41, 5.74) is 7.80. The molecule has 0 saturated carbocycles. The molecule has 21 heavy (non-hydrogen) atoms. The van der Waals surface area contributed by atoms with E-state index in [9.17, 15) is 4.79 Å². The van der Waals surface area contributed by atoms with Gasteiger partial charge in [-0.05, 0) is 24.1 Å². The molecule has 7 nitrogen and oxygen atoms in total. The third-order valence-corrected chi connectivity index (χ3v) is 2.94. The van der Waals surface area contributed by atoms with Gasteiger partial charge in [-0.15, -0.1) is 5.10 Å². The van der Waals surface area contributed by atoms with Gasteiger partial charge in [0, 0.05) is 18.8 Å². The minimum Gasteiger partial charge on any atom is -0.396 e. The zero-order valence-electron chi connectivity index (χ0n) is 11.7. The fourth-order valence-corrected chi connectivity index (χ4v) is 1.90. The van der Waals surface area contributed by atoms with Crippen molar-refractivity contribution in [1.82, 2.24) is 15.0 Å². The van der Waals surface area contributed by atoms with Crippen LogP contribution in [0.4, 0.5) is 5.69 Å². The lowest BCUT2D eigenvalue weighted by atomic mass is 10.1. The monoisotopic (exact) mass is 289 g/mol. The summed E-state index contributed by atoms with van der Waals surface area (Å²) in [5, 5.41) is 20.0. The van der Waals surface area contributed by atoms with Crippen LogP contribution in [0.3, 0.4) is 0 Å². The predicted molar refractivity (Wildman–Crippen MR) is 78.4 cm³/mol. The number of benzene rings is 1. The first-order valence-corrected chi connectivity index (χ1v) is 6.78. The summed E-state index contributed by atoms with van der Waals surface area (Å²) >= 11 is 0. The predicted octanol–water partition coefficient (Wildman–Crippen LogP) is 0.300. The molecule has 112 valence electrons. The van der Waals surface area contributed by atoms with Crippen molar-refractivity contribution < 1.29 is 9.90 Å². The summed E-state index contributed by atoms with van der Waals surface area (Å²) < 4.78 is 1.71. The van der Waals surface area contributed by atoms with E-state index >= 15 is 0 Å². The molecule has 0 fully saturated rings. The maximum atomic E-state index is 10.8. The van der Waals surface area contributed by atoms with E-state index in [1.54, 1.807) is 4.68 Å². The van der Waals surface area contributed by atoms with E-state index in [1.807, 2.05) is 30.5 Å². The van der Waals surface area contributed by atoms with E-state index in [2.05, 4.69) is 15.6 Å². The Bertz CT molecular complexity index is 579. The standard InChI is InChI=1S/C14H19N5O2/c15-14(21)8-11-2-4-12(5-3-11)16-9-13-10-19(18-17-13)6-1-7-20/h2-5,10,16,20H,1,6-9H2,(H2,15,21). The van der Waals surface area contributed by atoms with E-state index in [1.165, 1.54) is 0 Å². The Labute approximate surface area is 122 Å². The molecule has 0 bridgehead atoms. The Kier molecular flexibility index (Phi) is 5.28. The molecule has 2 aromatic rings. The van der Waals surface area contributed by atoms with Crippen molar-refractivity contribution >= 4 is 11.6 Å². The molecule has 0 spiro atoms. The lowest BCUT2D eigenvalue weighted by Gasteiger charge is -2.05. The zero-order chi connectivity index (χ0) is 15.1. The average Bonchev–Trinajstić information content (AvgIpc) is 2.92. The van der Waals surface area contributed by atoms with Crippen LogP contribution in [-0.2, 0) is 24.3 Å². The molecule has 0 aliphatic heterocycles. The van der Waals surface area contributed by atoms with E-state index in [4.69, 9.17) is 10.8 Å². The quantitative estimate of drug-likeness (QED) is 0.648. The third kappa shape index (κ3) is 4.88. The number of nitrogens with two attached hydrogens (primary N) is 1. The van der Waals surface area contributed by atoms with Crippen LogP contribution < -0.4 is 11.1 Å². The fraction of sp³-hybridized carbons (Fsp3) is 0.357. The normalized spacial score (nSPS) is 10.5. The lowest BCUT2D eigenvalue weighted by molar-refractivity contribution is -0.117. The second-order valence-electron chi connectivity index (χ2n) is 4.74. The summed E-state index contributed by atoms with van der Waals surface area (Å²) in [6.45, 7) is 1.37. The van der Waals surface area contributed by atoms with Crippen LogP contribution in [0.2, 0.25) is 0 Å². The molecule has 7 heteroatoms. The first-order valence-electron chi connectivity index (χ1n) is 6.78. The molecular formula is C14H19N5O2. The third-order valence-electron chi connectivity index (χ3n) is 2.94. The van der Waals surface area contributed by atoms with Crippen LogP contribution in [0.1, 0.15) is 17.7 Å². The van der Waals surface area contributed by atoms with Crippen molar-refractivity contribution in [2.45, 2.75) is 25.9 Å². The molecule has 1 aromatic carbocycles. The number of rotatable bonds is 8. The number of aliphatic hydroxyl groups is 1. The van der Waals surface area contributed by atoms with Gasteiger partial charge in [-0.1, -0.05) is 17.3 Å². The van der Waals surface area contributed by atoms with Gasteiger partial charge < -0.3 is 16.2 Å². The average molecular weight is 289 g/mol. The van der Waals surface area contributed by atoms with Crippen LogP contribution in [0.15, 0.2) is 30.5 Å². The number of primary amides is 1. The molecule has 1 heterocycles. The Morgan fingerprint density at radius 2 is 2.10 bits per heavy atom. The molecule has 0 aliphatic rings. The van der Waals surface area contributed by atoms with Gasteiger partial charge in [-0.25, -0.2) is 0 Å². The number of amides is 1. The van der Waals surface area contributed by atoms with E-state index in [0.29, 0.717) is 19.5 Å². The van der Waals surface area contributed by atoms with Crippen molar-refractivity contribution in [3.05, 3.63) is 41.7 Å². The molecule has 0 atom stereocenters. The number of carbonyl (C=O) groups is 1. The van der Waals surface area contributed by atoms with Crippen LogP contribution in [0, 0.1) is 0 Å². The molecule has 0 aliphatic carbocycles. The summed E-state index contributed by atoms with van der Waals surface area (Å²) in [5.74, 6) is -0.338. The van der Waals surface area contributed by atoms with Gasteiger partial charge in [-0.3, -0.25) is 9.48 Å². The van der Waals surface area contributed by atoms with Gasteiger partial charge in [0.15, 0.2) is 0 Å². The summed E-state index contributed by atoms with van der Waals surface area (Å²) in [6, 6.07) is 7.53. The highest BCUT2D eigenvalue weighted by Crippen LogP contribution is 2.11. The van der Waals surface area contributed by atoms with Crippen LogP contribution in [-0.4, -0.2) is 32.6 Å². The van der Waals surface area contributed by atoms with E-state index in [0.717, 1.165) is 16.9 Å². The first kappa shape index (κ1) is 15.0. The Balaban J connectivity index is 1.84. The maximum Gasteiger partial charge on any atom is 0.221 e. The molecule has 0 saturated heterocycles. The van der Waals surface area contributed by atoms with Gasteiger partial charge in [0.1, 0.15) is 5.69 Å². The fourth-order valence-electron chi connectivity index (χ4n) is 1.90.